The maximum Gasteiger partial charge on any atom is 0.270 e. The average molecular weight is 438 g/mol. The number of rotatable bonds is 8. The van der Waals surface area contributed by atoms with Gasteiger partial charge in [0.25, 0.3) is 15.7 Å². The predicted octanol–water partition coefficient (Wildman–Crippen LogP) is 3.21. The number of hydrazine groups is 1. The molecule has 2 aromatic rings. The Morgan fingerprint density at radius 1 is 1.14 bits per heavy atom. The van der Waals surface area contributed by atoms with Gasteiger partial charge in [0.05, 0.1) is 16.3 Å². The van der Waals surface area contributed by atoms with E-state index in [0.717, 1.165) is 23.6 Å². The second-order valence-corrected chi connectivity index (χ2v) is 8.43. The summed E-state index contributed by atoms with van der Waals surface area (Å²) in [6.07, 6.45) is 0.860. The molecule has 156 valence electrons. The number of nitro groups is 1. The van der Waals surface area contributed by atoms with Gasteiger partial charge in [-0.25, -0.2) is 8.42 Å². The number of anilines is 2. The summed E-state index contributed by atoms with van der Waals surface area (Å²) >= 11 is 5.10. The Hall–Kier alpha value is -2.92. The number of aryl methyl sites for hydroxylation is 2. The van der Waals surface area contributed by atoms with Crippen LogP contribution in [0.2, 0.25) is 0 Å². The van der Waals surface area contributed by atoms with Crippen molar-refractivity contribution in [2.45, 2.75) is 32.1 Å². The van der Waals surface area contributed by atoms with Gasteiger partial charge >= 0.3 is 0 Å². The van der Waals surface area contributed by atoms with Crippen LogP contribution in [0.5, 0.6) is 0 Å². The van der Waals surface area contributed by atoms with Crippen molar-refractivity contribution in [1.29, 1.82) is 0 Å². The molecule has 0 aliphatic heterocycles. The van der Waals surface area contributed by atoms with E-state index in [9.17, 15) is 18.5 Å². The molecule has 0 unspecified atom stereocenters. The number of non-ortho nitro benzene ring substituents is 1. The molecule has 0 aliphatic rings. The maximum absolute atomic E-state index is 13.0. The van der Waals surface area contributed by atoms with Crippen molar-refractivity contribution in [1.82, 2.24) is 10.7 Å². The minimum absolute atomic E-state index is 0.119. The predicted molar refractivity (Wildman–Crippen MR) is 117 cm³/mol. The lowest BCUT2D eigenvalue weighted by atomic mass is 10.1. The van der Waals surface area contributed by atoms with Crippen LogP contribution in [0, 0.1) is 24.0 Å². The van der Waals surface area contributed by atoms with Gasteiger partial charge in [0.1, 0.15) is 4.90 Å². The molecule has 0 aromatic heterocycles. The second-order valence-electron chi connectivity index (χ2n) is 6.37. The van der Waals surface area contributed by atoms with Crippen LogP contribution < -0.4 is 20.9 Å². The minimum Gasteiger partial charge on any atom is -0.361 e. The Labute approximate surface area is 175 Å². The van der Waals surface area contributed by atoms with Gasteiger partial charge in [0, 0.05) is 18.7 Å². The first-order valence-corrected chi connectivity index (χ1v) is 10.7. The zero-order chi connectivity index (χ0) is 21.6. The third-order valence-electron chi connectivity index (χ3n) is 3.94. The third kappa shape index (κ3) is 6.03. The van der Waals surface area contributed by atoms with Crippen molar-refractivity contribution < 1.29 is 13.3 Å². The lowest BCUT2D eigenvalue weighted by molar-refractivity contribution is -0.385. The molecule has 0 aliphatic carbocycles. The summed E-state index contributed by atoms with van der Waals surface area (Å²) in [6, 6.07) is 8.78. The number of hydrogen-bond donors (Lipinski definition) is 4. The summed E-state index contributed by atoms with van der Waals surface area (Å²) in [5, 5.41) is 14.4. The quantitative estimate of drug-likeness (QED) is 0.282. The zero-order valence-corrected chi connectivity index (χ0v) is 17.9. The summed E-state index contributed by atoms with van der Waals surface area (Å²) < 4.78 is 28.5. The number of thiocarbonyl (C=S) groups is 1. The summed E-state index contributed by atoms with van der Waals surface area (Å²) in [5.41, 5.74) is 7.28. The Morgan fingerprint density at radius 2 is 1.83 bits per heavy atom. The van der Waals surface area contributed by atoms with Gasteiger partial charge in [-0.3, -0.25) is 25.7 Å². The smallest absolute Gasteiger partial charge is 0.270 e. The standard InChI is InChI=1S/C18H23N5O4S2/c1-4-9-19-18(28)21-20-16-8-6-14(23(24)25)11-17(16)29(26,27)22-15-7-5-12(2)10-13(15)3/h5-8,10-11,20,22H,4,9H2,1-3H3,(H2,19,21,28). The van der Waals surface area contributed by atoms with E-state index in [-0.39, 0.29) is 21.4 Å². The van der Waals surface area contributed by atoms with Gasteiger partial charge in [0.15, 0.2) is 5.11 Å². The number of hydrogen-bond acceptors (Lipinski definition) is 6. The lowest BCUT2D eigenvalue weighted by Gasteiger charge is -2.17. The SMILES string of the molecule is CCCNC(=S)NNc1ccc([N+](=O)[O-])cc1S(=O)(=O)Nc1ccc(C)cc1C. The highest BCUT2D eigenvalue weighted by Gasteiger charge is 2.23. The molecule has 2 aromatic carbocycles. The largest absolute Gasteiger partial charge is 0.361 e. The highest BCUT2D eigenvalue weighted by atomic mass is 32.2. The molecule has 4 N–H and O–H groups in total. The lowest BCUT2D eigenvalue weighted by Crippen LogP contribution is -2.39. The maximum atomic E-state index is 13.0. The topological polar surface area (TPSA) is 125 Å². The summed E-state index contributed by atoms with van der Waals surface area (Å²) in [6.45, 7) is 6.29. The number of nitro benzene ring substituents is 1. The van der Waals surface area contributed by atoms with Crippen LogP contribution in [0.3, 0.4) is 0 Å². The number of benzene rings is 2. The van der Waals surface area contributed by atoms with Crippen LogP contribution in [0.15, 0.2) is 41.3 Å². The number of nitrogens with one attached hydrogen (secondary N) is 4. The molecule has 0 amide bonds. The molecule has 0 atom stereocenters. The first kappa shape index (κ1) is 22.4. The van der Waals surface area contributed by atoms with Crippen LogP contribution in [-0.2, 0) is 10.0 Å². The molecule has 0 heterocycles. The normalized spacial score (nSPS) is 10.9. The van der Waals surface area contributed by atoms with Gasteiger partial charge in [0.2, 0.25) is 0 Å². The molecule has 0 spiro atoms. The van der Waals surface area contributed by atoms with Crippen molar-refractivity contribution in [3.8, 4) is 0 Å². The van der Waals surface area contributed by atoms with E-state index < -0.39 is 14.9 Å². The summed E-state index contributed by atoms with van der Waals surface area (Å²) in [5.74, 6) is 0. The van der Waals surface area contributed by atoms with E-state index in [1.165, 1.54) is 12.1 Å². The number of sulfonamides is 1. The van der Waals surface area contributed by atoms with Crippen molar-refractivity contribution in [3.05, 3.63) is 57.6 Å². The van der Waals surface area contributed by atoms with Gasteiger partial charge < -0.3 is 5.32 Å². The Morgan fingerprint density at radius 3 is 2.45 bits per heavy atom. The van der Waals surface area contributed by atoms with Crippen molar-refractivity contribution >= 4 is 44.4 Å². The molecule has 0 fully saturated rings. The minimum atomic E-state index is -4.12. The molecule has 2 rings (SSSR count). The molecule has 11 heteroatoms. The molecule has 29 heavy (non-hydrogen) atoms. The molecule has 0 bridgehead atoms. The van der Waals surface area contributed by atoms with Gasteiger partial charge in [-0.2, -0.15) is 0 Å². The third-order valence-corrected chi connectivity index (χ3v) is 5.59. The Kier molecular flexibility index (Phi) is 7.35. The summed E-state index contributed by atoms with van der Waals surface area (Å²) in [4.78, 5) is 10.2. The first-order valence-electron chi connectivity index (χ1n) is 8.82. The van der Waals surface area contributed by atoms with Crippen LogP contribution in [-0.4, -0.2) is 25.0 Å². The fraction of sp³-hybridized carbons (Fsp3) is 0.278. The van der Waals surface area contributed by atoms with E-state index in [0.29, 0.717) is 12.2 Å². The molecule has 9 nitrogen and oxygen atoms in total. The van der Waals surface area contributed by atoms with Gasteiger partial charge in [-0.05, 0) is 50.2 Å². The van der Waals surface area contributed by atoms with Crippen LogP contribution in [0.25, 0.3) is 0 Å². The number of nitrogens with zero attached hydrogens (tertiary/aromatic N) is 1. The van der Waals surface area contributed by atoms with Crippen LogP contribution >= 0.6 is 12.2 Å². The van der Waals surface area contributed by atoms with E-state index in [1.54, 1.807) is 19.1 Å². The fourth-order valence-electron chi connectivity index (χ4n) is 2.48. The average Bonchev–Trinajstić information content (AvgIpc) is 2.66. The second kappa shape index (κ2) is 9.52. The Balaban J connectivity index is 2.37. The first-order chi connectivity index (χ1) is 13.6. The van der Waals surface area contributed by atoms with Gasteiger partial charge in [-0.15, -0.1) is 0 Å². The molecule has 0 radical (unpaired) electrons. The molecular weight excluding hydrogens is 414 g/mol. The molecular formula is C18H23N5O4S2. The van der Waals surface area contributed by atoms with Crippen molar-refractivity contribution in [2.75, 3.05) is 16.7 Å². The van der Waals surface area contributed by atoms with Crippen LogP contribution in [0.4, 0.5) is 17.1 Å². The van der Waals surface area contributed by atoms with E-state index in [2.05, 4.69) is 20.9 Å². The van der Waals surface area contributed by atoms with E-state index in [4.69, 9.17) is 12.2 Å². The molecule has 0 saturated heterocycles. The highest BCUT2D eigenvalue weighted by Crippen LogP contribution is 2.29. The van der Waals surface area contributed by atoms with Crippen molar-refractivity contribution in [2.24, 2.45) is 0 Å². The van der Waals surface area contributed by atoms with E-state index in [1.807, 2.05) is 19.9 Å². The Bertz CT molecular complexity index is 1020. The van der Waals surface area contributed by atoms with E-state index >= 15 is 0 Å². The summed E-state index contributed by atoms with van der Waals surface area (Å²) in [7, 11) is -4.12. The van der Waals surface area contributed by atoms with Crippen molar-refractivity contribution in [3.63, 3.8) is 0 Å². The fourth-order valence-corrected chi connectivity index (χ4v) is 3.95. The van der Waals surface area contributed by atoms with Gasteiger partial charge in [-0.1, -0.05) is 24.6 Å². The molecule has 0 saturated carbocycles. The van der Waals surface area contributed by atoms with Crippen LogP contribution in [0.1, 0.15) is 24.5 Å². The highest BCUT2D eigenvalue weighted by molar-refractivity contribution is 7.93. The monoisotopic (exact) mass is 437 g/mol. The zero-order valence-electron chi connectivity index (χ0n) is 16.3.